The molecule has 6 heteroatoms. The zero-order valence-electron chi connectivity index (χ0n) is 18.7. The average molecular weight is 489 g/mol. The molecule has 0 bridgehead atoms. The van der Waals surface area contributed by atoms with Crippen LogP contribution >= 0.6 is 15.9 Å². The maximum Gasteiger partial charge on any atom is 0.261 e. The smallest absolute Gasteiger partial charge is 0.261 e. The molecule has 2 rings (SSSR count). The number of aryl methyl sites for hydroxylation is 1. The van der Waals surface area contributed by atoms with Crippen LogP contribution in [0.25, 0.3) is 0 Å². The standard InChI is InChI=1S/C25H33BrN2O3/c1-4-6-15-27-25(30)19(3)28(16-14-21-10-8-7-9-11-21)24(29)18-31-23-13-12-20(5-2)17-22(23)26/h7-13,17,19H,4-6,14-16,18H2,1-3H3,(H,27,30). The molecule has 0 saturated heterocycles. The van der Waals surface area contributed by atoms with Gasteiger partial charge in [0.05, 0.1) is 4.47 Å². The molecule has 0 heterocycles. The Hall–Kier alpha value is -2.34. The van der Waals surface area contributed by atoms with Gasteiger partial charge < -0.3 is 15.0 Å². The fraction of sp³-hybridized carbons (Fsp3) is 0.440. The van der Waals surface area contributed by atoms with Crippen LogP contribution in [0, 0.1) is 0 Å². The highest BCUT2D eigenvalue weighted by Crippen LogP contribution is 2.26. The molecule has 1 unspecified atom stereocenters. The Morgan fingerprint density at radius 1 is 1.10 bits per heavy atom. The van der Waals surface area contributed by atoms with Gasteiger partial charge in [-0.25, -0.2) is 0 Å². The highest BCUT2D eigenvalue weighted by Gasteiger charge is 2.26. The van der Waals surface area contributed by atoms with E-state index in [9.17, 15) is 9.59 Å². The van der Waals surface area contributed by atoms with Gasteiger partial charge >= 0.3 is 0 Å². The molecule has 1 N–H and O–H groups in total. The van der Waals surface area contributed by atoms with Gasteiger partial charge in [0.15, 0.2) is 6.61 Å². The number of halogens is 1. The van der Waals surface area contributed by atoms with Crippen molar-refractivity contribution in [1.82, 2.24) is 10.2 Å². The van der Waals surface area contributed by atoms with Gasteiger partial charge in [-0.3, -0.25) is 9.59 Å². The van der Waals surface area contributed by atoms with E-state index in [0.29, 0.717) is 25.3 Å². The van der Waals surface area contributed by atoms with Crippen LogP contribution in [0.3, 0.4) is 0 Å². The Labute approximate surface area is 194 Å². The van der Waals surface area contributed by atoms with Crippen molar-refractivity contribution in [3.8, 4) is 5.75 Å². The Balaban J connectivity index is 2.06. The van der Waals surface area contributed by atoms with E-state index in [0.717, 1.165) is 29.3 Å². The van der Waals surface area contributed by atoms with Crippen molar-refractivity contribution in [3.05, 3.63) is 64.1 Å². The van der Waals surface area contributed by atoms with E-state index >= 15 is 0 Å². The number of amides is 2. The van der Waals surface area contributed by atoms with Crippen molar-refractivity contribution in [3.63, 3.8) is 0 Å². The SMILES string of the molecule is CCCCNC(=O)C(C)N(CCc1ccccc1)C(=O)COc1ccc(CC)cc1Br. The van der Waals surface area contributed by atoms with Crippen LogP contribution in [-0.4, -0.2) is 42.5 Å². The van der Waals surface area contributed by atoms with Crippen molar-refractivity contribution in [2.75, 3.05) is 19.7 Å². The molecule has 31 heavy (non-hydrogen) atoms. The number of unbranched alkanes of at least 4 members (excludes halogenated alkanes) is 1. The van der Waals surface area contributed by atoms with Gasteiger partial charge in [-0.1, -0.05) is 56.7 Å². The third kappa shape index (κ3) is 8.02. The van der Waals surface area contributed by atoms with Crippen molar-refractivity contribution in [1.29, 1.82) is 0 Å². The molecule has 168 valence electrons. The van der Waals surface area contributed by atoms with Crippen LogP contribution in [0.5, 0.6) is 5.75 Å². The van der Waals surface area contributed by atoms with Gasteiger partial charge in [0.1, 0.15) is 11.8 Å². The molecule has 0 fully saturated rings. The van der Waals surface area contributed by atoms with E-state index in [4.69, 9.17) is 4.74 Å². The first-order valence-corrected chi connectivity index (χ1v) is 11.8. The van der Waals surface area contributed by atoms with Crippen molar-refractivity contribution < 1.29 is 14.3 Å². The van der Waals surface area contributed by atoms with E-state index < -0.39 is 6.04 Å². The summed E-state index contributed by atoms with van der Waals surface area (Å²) in [5, 5.41) is 2.93. The minimum absolute atomic E-state index is 0.120. The minimum atomic E-state index is -0.567. The largest absolute Gasteiger partial charge is 0.483 e. The van der Waals surface area contributed by atoms with Gasteiger partial charge in [0, 0.05) is 13.1 Å². The predicted octanol–water partition coefficient (Wildman–Crippen LogP) is 4.77. The lowest BCUT2D eigenvalue weighted by Crippen LogP contribution is -2.50. The Morgan fingerprint density at radius 2 is 1.84 bits per heavy atom. The third-order valence-electron chi connectivity index (χ3n) is 5.24. The number of nitrogens with one attached hydrogen (secondary N) is 1. The zero-order valence-corrected chi connectivity index (χ0v) is 20.3. The topological polar surface area (TPSA) is 58.6 Å². The predicted molar refractivity (Wildman–Crippen MR) is 128 cm³/mol. The summed E-state index contributed by atoms with van der Waals surface area (Å²) >= 11 is 3.51. The minimum Gasteiger partial charge on any atom is -0.483 e. The first kappa shape index (κ1) is 24.9. The quantitative estimate of drug-likeness (QED) is 0.437. The molecule has 2 aromatic rings. The maximum atomic E-state index is 13.1. The number of nitrogens with zero attached hydrogens (tertiary/aromatic N) is 1. The number of hydrogen-bond acceptors (Lipinski definition) is 3. The molecule has 0 aliphatic carbocycles. The monoisotopic (exact) mass is 488 g/mol. The van der Waals surface area contributed by atoms with Crippen molar-refractivity contribution in [2.24, 2.45) is 0 Å². The highest BCUT2D eigenvalue weighted by atomic mass is 79.9. The molecule has 1 atom stereocenters. The average Bonchev–Trinajstić information content (AvgIpc) is 2.78. The van der Waals surface area contributed by atoms with Gasteiger partial charge in [-0.2, -0.15) is 0 Å². The summed E-state index contributed by atoms with van der Waals surface area (Å²) in [4.78, 5) is 27.3. The lowest BCUT2D eigenvalue weighted by molar-refractivity contribution is -0.141. The molecule has 0 saturated carbocycles. The molecule has 0 aromatic heterocycles. The normalized spacial score (nSPS) is 11.6. The summed E-state index contributed by atoms with van der Waals surface area (Å²) in [5.41, 5.74) is 2.31. The van der Waals surface area contributed by atoms with Crippen LogP contribution in [-0.2, 0) is 22.4 Å². The fourth-order valence-electron chi connectivity index (χ4n) is 3.21. The molecule has 2 aromatic carbocycles. The zero-order chi connectivity index (χ0) is 22.6. The Bertz CT molecular complexity index is 842. The van der Waals surface area contributed by atoms with Gasteiger partial charge in [-0.15, -0.1) is 0 Å². The van der Waals surface area contributed by atoms with Gasteiger partial charge in [-0.05, 0) is 65.4 Å². The van der Waals surface area contributed by atoms with Crippen LogP contribution < -0.4 is 10.1 Å². The van der Waals surface area contributed by atoms with Gasteiger partial charge in [0.25, 0.3) is 5.91 Å². The second-order valence-electron chi connectivity index (χ2n) is 7.55. The van der Waals surface area contributed by atoms with E-state index in [-0.39, 0.29) is 18.4 Å². The number of rotatable bonds is 12. The molecule has 0 aliphatic rings. The molecular formula is C25H33BrN2O3. The summed E-state index contributed by atoms with van der Waals surface area (Å²) < 4.78 is 6.61. The third-order valence-corrected chi connectivity index (χ3v) is 5.86. The van der Waals surface area contributed by atoms with E-state index in [1.165, 1.54) is 5.56 Å². The first-order chi connectivity index (χ1) is 15.0. The fourth-order valence-corrected chi connectivity index (χ4v) is 3.75. The maximum absolute atomic E-state index is 13.1. The van der Waals surface area contributed by atoms with Crippen LogP contribution in [0.1, 0.15) is 44.7 Å². The highest BCUT2D eigenvalue weighted by molar-refractivity contribution is 9.10. The Kier molecular flexibility index (Phi) is 10.6. The number of hydrogen-bond donors (Lipinski definition) is 1. The second-order valence-corrected chi connectivity index (χ2v) is 8.40. The molecule has 0 radical (unpaired) electrons. The number of carbonyl (C=O) groups excluding carboxylic acids is 2. The molecule has 0 spiro atoms. The van der Waals surface area contributed by atoms with Crippen molar-refractivity contribution >= 4 is 27.7 Å². The summed E-state index contributed by atoms with van der Waals surface area (Å²) in [5.74, 6) is 0.275. The van der Waals surface area contributed by atoms with E-state index in [2.05, 4.69) is 35.1 Å². The molecule has 5 nitrogen and oxygen atoms in total. The van der Waals surface area contributed by atoms with E-state index in [1.54, 1.807) is 11.8 Å². The summed E-state index contributed by atoms with van der Waals surface area (Å²) in [6, 6.07) is 15.2. The number of benzene rings is 2. The summed E-state index contributed by atoms with van der Waals surface area (Å²) in [6.07, 6.45) is 3.52. The van der Waals surface area contributed by atoms with Crippen molar-refractivity contribution in [2.45, 2.75) is 52.5 Å². The lowest BCUT2D eigenvalue weighted by atomic mass is 10.1. The number of ether oxygens (including phenoxy) is 1. The lowest BCUT2D eigenvalue weighted by Gasteiger charge is -2.28. The summed E-state index contributed by atoms with van der Waals surface area (Å²) in [7, 11) is 0. The number of carbonyl (C=O) groups is 2. The summed E-state index contributed by atoms with van der Waals surface area (Å²) in [6.45, 7) is 6.89. The molecule has 2 amide bonds. The van der Waals surface area contributed by atoms with E-state index in [1.807, 2.05) is 48.5 Å². The first-order valence-electron chi connectivity index (χ1n) is 11.0. The van der Waals surface area contributed by atoms with Crippen LogP contribution in [0.2, 0.25) is 0 Å². The van der Waals surface area contributed by atoms with Crippen LogP contribution in [0.15, 0.2) is 53.0 Å². The van der Waals surface area contributed by atoms with Gasteiger partial charge in [0.2, 0.25) is 5.91 Å². The molecular weight excluding hydrogens is 456 g/mol. The second kappa shape index (κ2) is 13.2. The molecule has 0 aliphatic heterocycles. The Morgan fingerprint density at radius 3 is 2.48 bits per heavy atom. The van der Waals surface area contributed by atoms with Crippen LogP contribution in [0.4, 0.5) is 0 Å².